The molecule has 2 heterocycles. The van der Waals surface area contributed by atoms with Crippen molar-refractivity contribution in [1.82, 2.24) is 4.90 Å². The molecule has 20 heavy (non-hydrogen) atoms. The Labute approximate surface area is 114 Å². The van der Waals surface area contributed by atoms with Crippen LogP contribution < -0.4 is 0 Å². The SMILES string of the molecule is O=C(O)C(=O)O.O=Cc1ccc(CN2CCOCC2)o1. The summed E-state index contributed by atoms with van der Waals surface area (Å²) in [6.45, 7) is 4.17. The van der Waals surface area contributed by atoms with Gasteiger partial charge in [-0.1, -0.05) is 0 Å². The number of nitrogens with zero attached hydrogens (tertiary/aromatic N) is 1. The lowest BCUT2D eigenvalue weighted by Gasteiger charge is -2.25. The van der Waals surface area contributed by atoms with Gasteiger partial charge in [-0.15, -0.1) is 0 Å². The van der Waals surface area contributed by atoms with Crippen molar-refractivity contribution in [3.63, 3.8) is 0 Å². The molecule has 1 saturated heterocycles. The smallest absolute Gasteiger partial charge is 0.414 e. The molecular weight excluding hydrogens is 270 g/mol. The second kappa shape index (κ2) is 8.08. The van der Waals surface area contributed by atoms with Crippen molar-refractivity contribution in [2.24, 2.45) is 0 Å². The number of aldehydes is 1. The van der Waals surface area contributed by atoms with Crippen molar-refractivity contribution in [2.45, 2.75) is 6.54 Å². The van der Waals surface area contributed by atoms with Crippen molar-refractivity contribution in [3.05, 3.63) is 23.7 Å². The van der Waals surface area contributed by atoms with Crippen LogP contribution in [-0.4, -0.2) is 59.6 Å². The summed E-state index contributed by atoms with van der Waals surface area (Å²) < 4.78 is 10.5. The first-order valence-electron chi connectivity index (χ1n) is 5.83. The molecule has 2 rings (SSSR count). The summed E-state index contributed by atoms with van der Waals surface area (Å²) in [6.07, 6.45) is 0.725. The lowest BCUT2D eigenvalue weighted by Crippen LogP contribution is -2.35. The highest BCUT2D eigenvalue weighted by atomic mass is 16.5. The largest absolute Gasteiger partial charge is 0.473 e. The number of carboxylic acid groups (broad SMARTS) is 2. The maximum Gasteiger partial charge on any atom is 0.414 e. The lowest BCUT2D eigenvalue weighted by atomic mass is 10.3. The molecule has 0 aliphatic carbocycles. The van der Waals surface area contributed by atoms with E-state index in [-0.39, 0.29) is 0 Å². The van der Waals surface area contributed by atoms with Crippen LogP contribution in [-0.2, 0) is 20.9 Å². The molecule has 0 bridgehead atoms. The first-order chi connectivity index (χ1) is 9.52. The zero-order valence-electron chi connectivity index (χ0n) is 10.7. The number of carboxylic acids is 2. The average Bonchev–Trinajstić information content (AvgIpc) is 2.88. The summed E-state index contributed by atoms with van der Waals surface area (Å²) in [4.78, 5) is 30.8. The van der Waals surface area contributed by atoms with Gasteiger partial charge in [0.1, 0.15) is 5.76 Å². The molecular formula is C12H15NO7. The zero-order chi connectivity index (χ0) is 15.0. The van der Waals surface area contributed by atoms with E-state index in [0.717, 1.165) is 44.9 Å². The maximum absolute atomic E-state index is 10.4. The number of aliphatic carboxylic acids is 2. The van der Waals surface area contributed by atoms with Gasteiger partial charge in [0.15, 0.2) is 12.0 Å². The van der Waals surface area contributed by atoms with E-state index in [0.29, 0.717) is 5.76 Å². The molecule has 8 nitrogen and oxygen atoms in total. The lowest BCUT2D eigenvalue weighted by molar-refractivity contribution is -0.159. The first kappa shape index (κ1) is 15.9. The maximum atomic E-state index is 10.4. The molecule has 0 radical (unpaired) electrons. The third-order valence-corrected chi connectivity index (χ3v) is 2.46. The number of ether oxygens (including phenoxy) is 1. The third-order valence-electron chi connectivity index (χ3n) is 2.46. The number of hydrogen-bond donors (Lipinski definition) is 2. The van der Waals surface area contributed by atoms with Crippen molar-refractivity contribution in [3.8, 4) is 0 Å². The van der Waals surface area contributed by atoms with E-state index in [2.05, 4.69) is 4.90 Å². The molecule has 0 amide bonds. The standard InChI is InChI=1S/C10H13NO3.C2H2O4/c12-8-10-2-1-9(14-10)7-11-3-5-13-6-4-11;3-1(4)2(5)6/h1-2,8H,3-7H2;(H,3,4)(H,5,6). The van der Waals surface area contributed by atoms with Crippen LogP contribution in [0.3, 0.4) is 0 Å². The summed E-state index contributed by atoms with van der Waals surface area (Å²) in [5, 5.41) is 14.8. The zero-order valence-corrected chi connectivity index (χ0v) is 10.7. The normalized spacial score (nSPS) is 15.0. The Bertz CT molecular complexity index is 450. The second-order valence-corrected chi connectivity index (χ2v) is 3.92. The molecule has 1 aromatic heterocycles. The van der Waals surface area contributed by atoms with E-state index in [1.54, 1.807) is 6.07 Å². The van der Waals surface area contributed by atoms with Crippen LogP contribution >= 0.6 is 0 Å². The van der Waals surface area contributed by atoms with Gasteiger partial charge in [0.05, 0.1) is 19.8 Å². The van der Waals surface area contributed by atoms with E-state index < -0.39 is 11.9 Å². The molecule has 1 aliphatic rings. The van der Waals surface area contributed by atoms with Crippen LogP contribution in [0.1, 0.15) is 16.3 Å². The van der Waals surface area contributed by atoms with Gasteiger partial charge >= 0.3 is 11.9 Å². The predicted octanol–water partition coefficient (Wildman–Crippen LogP) is 0.0799. The Morgan fingerprint density at radius 2 is 1.80 bits per heavy atom. The van der Waals surface area contributed by atoms with Gasteiger partial charge in [-0.25, -0.2) is 9.59 Å². The average molecular weight is 285 g/mol. The van der Waals surface area contributed by atoms with Gasteiger partial charge in [-0.3, -0.25) is 9.69 Å². The van der Waals surface area contributed by atoms with Gasteiger partial charge in [0, 0.05) is 13.1 Å². The summed E-state index contributed by atoms with van der Waals surface area (Å²) in [6, 6.07) is 3.54. The monoisotopic (exact) mass is 285 g/mol. The minimum Gasteiger partial charge on any atom is -0.473 e. The van der Waals surface area contributed by atoms with Crippen LogP contribution in [0.4, 0.5) is 0 Å². The van der Waals surface area contributed by atoms with Crippen LogP contribution in [0.25, 0.3) is 0 Å². The van der Waals surface area contributed by atoms with Gasteiger partial charge < -0.3 is 19.4 Å². The molecule has 0 atom stereocenters. The highest BCUT2D eigenvalue weighted by Gasteiger charge is 2.12. The molecule has 0 spiro atoms. The molecule has 1 fully saturated rings. The Balaban J connectivity index is 0.000000286. The number of carbonyl (C=O) groups is 3. The Hall–Kier alpha value is -2.19. The second-order valence-electron chi connectivity index (χ2n) is 3.92. The van der Waals surface area contributed by atoms with Crippen LogP contribution in [0.15, 0.2) is 16.5 Å². The Morgan fingerprint density at radius 1 is 1.20 bits per heavy atom. The topological polar surface area (TPSA) is 117 Å². The number of rotatable bonds is 3. The minimum absolute atomic E-state index is 0.397. The van der Waals surface area contributed by atoms with E-state index in [1.807, 2.05) is 6.07 Å². The van der Waals surface area contributed by atoms with Gasteiger partial charge in [-0.05, 0) is 12.1 Å². The van der Waals surface area contributed by atoms with Crippen molar-refractivity contribution < 1.29 is 33.8 Å². The van der Waals surface area contributed by atoms with E-state index >= 15 is 0 Å². The molecule has 8 heteroatoms. The number of hydrogen-bond acceptors (Lipinski definition) is 6. The van der Waals surface area contributed by atoms with E-state index in [9.17, 15) is 4.79 Å². The molecule has 110 valence electrons. The fourth-order valence-corrected chi connectivity index (χ4v) is 1.52. The number of carbonyl (C=O) groups excluding carboxylic acids is 1. The van der Waals surface area contributed by atoms with Gasteiger partial charge in [0.25, 0.3) is 0 Å². The van der Waals surface area contributed by atoms with Crippen LogP contribution in [0, 0.1) is 0 Å². The Kier molecular flexibility index (Phi) is 6.41. The Morgan fingerprint density at radius 3 is 2.25 bits per heavy atom. The van der Waals surface area contributed by atoms with Crippen LogP contribution in [0.5, 0.6) is 0 Å². The molecule has 0 aromatic carbocycles. The molecule has 2 N–H and O–H groups in total. The minimum atomic E-state index is -1.82. The fraction of sp³-hybridized carbons (Fsp3) is 0.417. The fourth-order valence-electron chi connectivity index (χ4n) is 1.52. The van der Waals surface area contributed by atoms with Gasteiger partial charge in [0.2, 0.25) is 0 Å². The number of furan rings is 1. The van der Waals surface area contributed by atoms with Crippen molar-refractivity contribution in [1.29, 1.82) is 0 Å². The summed E-state index contributed by atoms with van der Waals surface area (Å²) in [5.74, 6) is -2.41. The van der Waals surface area contributed by atoms with E-state index in [1.165, 1.54) is 0 Å². The third kappa shape index (κ3) is 5.63. The summed E-state index contributed by atoms with van der Waals surface area (Å²) >= 11 is 0. The number of morpholine rings is 1. The summed E-state index contributed by atoms with van der Waals surface area (Å²) in [7, 11) is 0. The molecule has 0 unspecified atom stereocenters. The van der Waals surface area contributed by atoms with Crippen molar-refractivity contribution >= 4 is 18.2 Å². The highest BCUT2D eigenvalue weighted by molar-refractivity contribution is 6.27. The predicted molar refractivity (Wildman–Crippen MR) is 65.5 cm³/mol. The van der Waals surface area contributed by atoms with Gasteiger partial charge in [-0.2, -0.15) is 0 Å². The molecule has 1 aromatic rings. The summed E-state index contributed by atoms with van der Waals surface area (Å²) in [5.41, 5.74) is 0. The van der Waals surface area contributed by atoms with E-state index in [4.69, 9.17) is 29.0 Å². The highest BCUT2D eigenvalue weighted by Crippen LogP contribution is 2.10. The van der Waals surface area contributed by atoms with Crippen molar-refractivity contribution in [2.75, 3.05) is 26.3 Å². The first-order valence-corrected chi connectivity index (χ1v) is 5.83. The van der Waals surface area contributed by atoms with Crippen LogP contribution in [0.2, 0.25) is 0 Å². The molecule has 0 saturated carbocycles. The quantitative estimate of drug-likeness (QED) is 0.592. The molecule has 1 aliphatic heterocycles.